The SMILES string of the molecule is N#CC(C#N)=NNc1c(S(=O)(=O)O)cc(Br)c2c1C(=O)c1ccccc1C2=O. The number of carbonyl (C=O) groups is 2. The van der Waals surface area contributed by atoms with Gasteiger partial charge >= 0.3 is 0 Å². The number of rotatable bonds is 3. The van der Waals surface area contributed by atoms with E-state index in [1.165, 1.54) is 30.3 Å². The number of ketones is 2. The van der Waals surface area contributed by atoms with Crippen molar-refractivity contribution in [1.29, 1.82) is 10.5 Å². The average Bonchev–Trinajstić information content (AvgIpc) is 2.66. The maximum Gasteiger partial charge on any atom is 0.296 e. The van der Waals surface area contributed by atoms with E-state index in [0.29, 0.717) is 0 Å². The van der Waals surface area contributed by atoms with Crippen LogP contribution in [-0.4, -0.2) is 30.2 Å². The van der Waals surface area contributed by atoms with Gasteiger partial charge < -0.3 is 0 Å². The number of hydrogen-bond donors (Lipinski definition) is 2. The van der Waals surface area contributed by atoms with Gasteiger partial charge in [0, 0.05) is 15.6 Å². The minimum Gasteiger partial charge on any atom is -0.289 e. The molecule has 0 atom stereocenters. The lowest BCUT2D eigenvalue weighted by Gasteiger charge is -2.22. The first-order valence-corrected chi connectivity index (χ1v) is 9.60. The molecule has 2 aromatic rings. The number of benzene rings is 2. The summed E-state index contributed by atoms with van der Waals surface area (Å²) in [6, 6.07) is 9.82. The molecule has 1 aliphatic carbocycles. The predicted octanol–water partition coefficient (Wildman–Crippen LogP) is 2.29. The van der Waals surface area contributed by atoms with Crippen LogP contribution in [0.1, 0.15) is 31.8 Å². The van der Waals surface area contributed by atoms with Crippen LogP contribution in [0.5, 0.6) is 0 Å². The van der Waals surface area contributed by atoms with Gasteiger partial charge in [0.2, 0.25) is 5.71 Å². The summed E-state index contributed by atoms with van der Waals surface area (Å²) >= 11 is 3.07. The van der Waals surface area contributed by atoms with Crippen LogP contribution in [0.15, 0.2) is 44.8 Å². The number of nitrogens with one attached hydrogen (secondary N) is 1. The second-order valence-electron chi connectivity index (χ2n) is 5.46. The molecule has 0 fully saturated rings. The van der Waals surface area contributed by atoms with Crippen LogP contribution in [0.3, 0.4) is 0 Å². The van der Waals surface area contributed by atoms with Crippen LogP contribution in [-0.2, 0) is 10.1 Å². The standard InChI is InChI=1S/C17H7BrN4O5S/c18-11-5-12(28(25,26)27)15(22-21-8(6-19)7-20)14-13(11)16(23)9-3-1-2-4-10(9)17(14)24/h1-5,22H,(H,25,26,27). The molecule has 1 aliphatic rings. The molecule has 0 unspecified atom stereocenters. The summed E-state index contributed by atoms with van der Waals surface area (Å²) in [6.07, 6.45) is 0. The number of nitriles is 2. The third-order valence-electron chi connectivity index (χ3n) is 3.88. The van der Waals surface area contributed by atoms with Crippen LogP contribution in [0.25, 0.3) is 0 Å². The first kappa shape index (κ1) is 19.4. The molecule has 3 rings (SSSR count). The number of halogens is 1. The molecule has 2 aromatic carbocycles. The molecule has 0 saturated heterocycles. The fourth-order valence-electron chi connectivity index (χ4n) is 2.73. The molecular weight excluding hydrogens is 452 g/mol. The van der Waals surface area contributed by atoms with Crippen LogP contribution in [0.4, 0.5) is 5.69 Å². The van der Waals surface area contributed by atoms with Gasteiger partial charge in [-0.1, -0.05) is 24.3 Å². The molecule has 0 spiro atoms. The van der Waals surface area contributed by atoms with Crippen molar-refractivity contribution >= 4 is 49.0 Å². The Morgan fingerprint density at radius 2 is 1.61 bits per heavy atom. The van der Waals surface area contributed by atoms with Crippen LogP contribution < -0.4 is 5.43 Å². The fourth-order valence-corrected chi connectivity index (χ4v) is 4.16. The Balaban J connectivity index is 2.40. The van der Waals surface area contributed by atoms with Gasteiger partial charge in [-0.2, -0.15) is 24.0 Å². The zero-order valence-electron chi connectivity index (χ0n) is 13.6. The lowest BCUT2D eigenvalue weighted by atomic mass is 9.83. The molecule has 2 N–H and O–H groups in total. The van der Waals surface area contributed by atoms with Gasteiger partial charge in [0.15, 0.2) is 11.6 Å². The number of hydrazone groups is 1. The van der Waals surface area contributed by atoms with E-state index in [9.17, 15) is 22.6 Å². The van der Waals surface area contributed by atoms with Crippen molar-refractivity contribution in [3.63, 3.8) is 0 Å². The Bertz CT molecular complexity index is 1270. The number of carbonyl (C=O) groups excluding carboxylic acids is 2. The minimum absolute atomic E-state index is 0.0294. The first-order valence-electron chi connectivity index (χ1n) is 7.37. The second-order valence-corrected chi connectivity index (χ2v) is 7.70. The molecule has 0 radical (unpaired) electrons. The van der Waals surface area contributed by atoms with E-state index >= 15 is 0 Å². The van der Waals surface area contributed by atoms with Crippen LogP contribution in [0, 0.1) is 22.7 Å². The highest BCUT2D eigenvalue weighted by Gasteiger charge is 2.36. The lowest BCUT2D eigenvalue weighted by Crippen LogP contribution is -2.24. The van der Waals surface area contributed by atoms with E-state index < -0.39 is 38.0 Å². The summed E-state index contributed by atoms with van der Waals surface area (Å²) in [5, 5.41) is 21.0. The maximum absolute atomic E-state index is 13.0. The number of fused-ring (bicyclic) bond motifs is 2. The first-order chi connectivity index (χ1) is 13.2. The molecule has 0 saturated carbocycles. The van der Waals surface area contributed by atoms with Crippen molar-refractivity contribution in [3.05, 3.63) is 57.1 Å². The highest BCUT2D eigenvalue weighted by molar-refractivity contribution is 9.10. The molecule has 0 bridgehead atoms. The minimum atomic E-state index is -4.86. The predicted molar refractivity (Wildman–Crippen MR) is 99.5 cm³/mol. The topological polar surface area (TPSA) is 160 Å². The Morgan fingerprint density at radius 3 is 2.11 bits per heavy atom. The second kappa shape index (κ2) is 6.98. The largest absolute Gasteiger partial charge is 0.296 e. The number of anilines is 1. The summed E-state index contributed by atoms with van der Waals surface area (Å²) in [5.74, 6) is -1.24. The average molecular weight is 459 g/mol. The zero-order valence-corrected chi connectivity index (χ0v) is 16.0. The summed E-state index contributed by atoms with van der Waals surface area (Å²) in [7, 11) is -4.86. The summed E-state index contributed by atoms with van der Waals surface area (Å²) < 4.78 is 33.2. The van der Waals surface area contributed by atoms with E-state index in [1.807, 2.05) is 0 Å². The molecule has 0 amide bonds. The van der Waals surface area contributed by atoms with Crippen molar-refractivity contribution in [2.24, 2.45) is 5.10 Å². The third kappa shape index (κ3) is 3.08. The van der Waals surface area contributed by atoms with Gasteiger partial charge in [0.25, 0.3) is 10.1 Å². The Kier molecular flexibility index (Phi) is 4.83. The van der Waals surface area contributed by atoms with Crippen molar-refractivity contribution in [1.82, 2.24) is 0 Å². The van der Waals surface area contributed by atoms with Gasteiger partial charge in [-0.25, -0.2) is 0 Å². The van der Waals surface area contributed by atoms with E-state index in [-0.39, 0.29) is 26.7 Å². The molecule has 138 valence electrons. The smallest absolute Gasteiger partial charge is 0.289 e. The van der Waals surface area contributed by atoms with E-state index in [0.717, 1.165) is 6.07 Å². The molecular formula is C17H7BrN4O5S. The van der Waals surface area contributed by atoms with E-state index in [1.54, 1.807) is 6.07 Å². The van der Waals surface area contributed by atoms with Gasteiger partial charge in [0.05, 0.1) is 16.8 Å². The number of nitrogens with zero attached hydrogens (tertiary/aromatic N) is 3. The van der Waals surface area contributed by atoms with Crippen molar-refractivity contribution < 1.29 is 22.6 Å². The highest BCUT2D eigenvalue weighted by atomic mass is 79.9. The Labute approximate surface area is 166 Å². The Hall–Kier alpha value is -3.38. The molecule has 9 nitrogen and oxygen atoms in total. The third-order valence-corrected chi connectivity index (χ3v) is 5.39. The normalized spacial score (nSPS) is 12.3. The van der Waals surface area contributed by atoms with Crippen LogP contribution in [0.2, 0.25) is 0 Å². The summed E-state index contributed by atoms with van der Waals surface area (Å²) in [6.45, 7) is 0. The van der Waals surface area contributed by atoms with Gasteiger partial charge in [-0.05, 0) is 22.0 Å². The van der Waals surface area contributed by atoms with E-state index in [4.69, 9.17) is 10.5 Å². The van der Waals surface area contributed by atoms with Crippen molar-refractivity contribution in [2.75, 3.05) is 5.43 Å². The van der Waals surface area contributed by atoms with Gasteiger partial charge in [-0.3, -0.25) is 19.6 Å². The summed E-state index contributed by atoms with van der Waals surface area (Å²) in [5.41, 5.74) is 0.664. The Morgan fingerprint density at radius 1 is 1.07 bits per heavy atom. The van der Waals surface area contributed by atoms with E-state index in [2.05, 4.69) is 26.5 Å². The molecule has 0 aromatic heterocycles. The quantitative estimate of drug-likeness (QED) is 0.343. The molecule has 28 heavy (non-hydrogen) atoms. The van der Waals surface area contributed by atoms with Crippen molar-refractivity contribution in [2.45, 2.75) is 4.90 Å². The van der Waals surface area contributed by atoms with Gasteiger partial charge in [0.1, 0.15) is 17.0 Å². The fraction of sp³-hybridized carbons (Fsp3) is 0. The molecule has 0 heterocycles. The lowest BCUT2D eigenvalue weighted by molar-refractivity contribution is 0.0979. The molecule has 0 aliphatic heterocycles. The monoisotopic (exact) mass is 458 g/mol. The van der Waals surface area contributed by atoms with Crippen molar-refractivity contribution in [3.8, 4) is 12.1 Å². The van der Waals surface area contributed by atoms with Gasteiger partial charge in [-0.15, -0.1) is 0 Å². The van der Waals surface area contributed by atoms with Crippen LogP contribution >= 0.6 is 15.9 Å². The summed E-state index contributed by atoms with van der Waals surface area (Å²) in [4.78, 5) is 25.1. The molecule has 11 heteroatoms. The number of hydrogen-bond acceptors (Lipinski definition) is 8. The highest BCUT2D eigenvalue weighted by Crippen LogP contribution is 2.40. The zero-order chi connectivity index (χ0) is 20.6. The maximum atomic E-state index is 13.0.